The highest BCUT2D eigenvalue weighted by Crippen LogP contribution is 2.56. The van der Waals surface area contributed by atoms with Crippen molar-refractivity contribution in [3.63, 3.8) is 0 Å². The fourth-order valence-electron chi connectivity index (χ4n) is 5.75. The molecule has 1 saturated carbocycles. The monoisotopic (exact) mass is 489 g/mol. The molecule has 35 heavy (non-hydrogen) atoms. The minimum absolute atomic E-state index is 0.178. The van der Waals surface area contributed by atoms with Gasteiger partial charge in [-0.2, -0.15) is 0 Å². The summed E-state index contributed by atoms with van der Waals surface area (Å²) in [5, 5.41) is 66.6. The fourth-order valence-corrected chi connectivity index (χ4v) is 5.75. The third kappa shape index (κ3) is 2.89. The summed E-state index contributed by atoms with van der Waals surface area (Å²) in [7, 11) is 2.81. The zero-order chi connectivity index (χ0) is 26.3. The number of aliphatic hydroxyl groups excluding tert-OH is 3. The van der Waals surface area contributed by atoms with E-state index in [9.17, 15) is 50.0 Å². The molecule has 0 aliphatic heterocycles. The average molecular weight is 489 g/mol. The van der Waals surface area contributed by atoms with Crippen LogP contribution in [0.2, 0.25) is 0 Å². The van der Waals surface area contributed by atoms with Crippen molar-refractivity contribution in [3.05, 3.63) is 50.3 Å². The van der Waals surface area contributed by atoms with E-state index in [1.54, 1.807) is 0 Å². The van der Waals surface area contributed by atoms with E-state index >= 15 is 0 Å². The number of phenolic OH excluding ortho intramolecular Hbond substituents is 1. The van der Waals surface area contributed by atoms with Crippen LogP contribution < -0.4 is 5.73 Å². The zero-order valence-corrected chi connectivity index (χ0v) is 18.8. The Labute approximate surface area is 197 Å². The van der Waals surface area contributed by atoms with Gasteiger partial charge in [0.25, 0.3) is 5.91 Å². The molecule has 0 bridgehead atoms. The van der Waals surface area contributed by atoms with Gasteiger partial charge in [0.05, 0.1) is 28.6 Å². The van der Waals surface area contributed by atoms with Crippen molar-refractivity contribution < 1.29 is 44.8 Å². The summed E-state index contributed by atoms with van der Waals surface area (Å²) >= 11 is 0. The van der Waals surface area contributed by atoms with Gasteiger partial charge in [-0.05, 0) is 25.6 Å². The normalized spacial score (nSPS) is 32.3. The summed E-state index contributed by atoms with van der Waals surface area (Å²) in [5.41, 5.74) is -0.450. The van der Waals surface area contributed by atoms with Gasteiger partial charge in [-0.3, -0.25) is 29.4 Å². The van der Waals surface area contributed by atoms with E-state index in [0.29, 0.717) is 0 Å². The molecule has 7 N–H and O–H groups in total. The van der Waals surface area contributed by atoms with E-state index in [0.717, 1.165) is 6.07 Å². The third-order valence-electron chi connectivity index (χ3n) is 7.30. The summed E-state index contributed by atoms with van der Waals surface area (Å²) in [6.45, 7) is 1.53. The van der Waals surface area contributed by atoms with Crippen LogP contribution in [-0.4, -0.2) is 84.7 Å². The van der Waals surface area contributed by atoms with Crippen LogP contribution >= 0.6 is 0 Å². The molecule has 0 unspecified atom stereocenters. The molecule has 0 radical (unpaired) electrons. The van der Waals surface area contributed by atoms with Gasteiger partial charge >= 0.3 is 5.69 Å². The van der Waals surface area contributed by atoms with Crippen LogP contribution in [0, 0.1) is 22.0 Å². The van der Waals surface area contributed by atoms with E-state index < -0.39 is 97.6 Å². The number of Topliss-reactive ketones (excluding diaryl/α,β-unsaturated/α-hetero) is 2. The molecule has 13 heteroatoms. The number of carbonyl (C=O) groups is 3. The molecule has 0 heterocycles. The maximum absolute atomic E-state index is 13.7. The number of aromatic hydroxyl groups is 1. The lowest BCUT2D eigenvalue weighted by molar-refractivity contribution is -0.385. The van der Waals surface area contributed by atoms with Crippen LogP contribution in [0.3, 0.4) is 0 Å². The molecule has 1 fully saturated rings. The van der Waals surface area contributed by atoms with E-state index in [-0.39, 0.29) is 5.56 Å². The highest BCUT2D eigenvalue weighted by molar-refractivity contribution is 6.24. The quantitative estimate of drug-likeness (QED) is 0.179. The van der Waals surface area contributed by atoms with Crippen molar-refractivity contribution >= 4 is 28.9 Å². The number of fused-ring (bicyclic) bond motifs is 3. The first-order chi connectivity index (χ1) is 16.2. The van der Waals surface area contributed by atoms with Crippen LogP contribution in [-0.2, 0) is 14.4 Å². The van der Waals surface area contributed by atoms with Gasteiger partial charge in [-0.1, -0.05) is 13.0 Å². The van der Waals surface area contributed by atoms with Crippen LogP contribution in [0.1, 0.15) is 24.0 Å². The minimum atomic E-state index is -3.04. The number of carbonyl (C=O) groups excluding carboxylic acids is 3. The van der Waals surface area contributed by atoms with Gasteiger partial charge < -0.3 is 31.3 Å². The van der Waals surface area contributed by atoms with Crippen molar-refractivity contribution in [2.24, 2.45) is 17.6 Å². The first-order valence-electron chi connectivity index (χ1n) is 10.5. The predicted octanol–water partition coefficient (Wildman–Crippen LogP) is -0.596. The van der Waals surface area contributed by atoms with Gasteiger partial charge in [0.15, 0.2) is 11.4 Å². The molecular weight excluding hydrogens is 466 g/mol. The highest BCUT2D eigenvalue weighted by atomic mass is 16.6. The summed E-state index contributed by atoms with van der Waals surface area (Å²) in [5.74, 6) is -10.7. The van der Waals surface area contributed by atoms with Gasteiger partial charge in [0, 0.05) is 17.6 Å². The summed E-state index contributed by atoms with van der Waals surface area (Å²) < 4.78 is 0. The number of benzene rings is 1. The standard InChI is InChI=1S/C22H23N3O10/c1-6-7-4-5-8(25(34)35)15(26)10(7)16(27)11-9(6)17(28)13-14(24(2)3)18(29)12(21(23)32)20(31)22(13,33)19(11)30/h4-6,9,13-14,17,26-28,31,33H,1-3H3,(H2,23,32)/t6-,9+,13+,14-,17-,22-/m0/s1. The van der Waals surface area contributed by atoms with Crippen molar-refractivity contribution in [1.29, 1.82) is 0 Å². The number of aliphatic hydroxyl groups is 4. The van der Waals surface area contributed by atoms with Crippen molar-refractivity contribution in [3.8, 4) is 5.75 Å². The van der Waals surface area contributed by atoms with E-state index in [1.807, 2.05) is 0 Å². The van der Waals surface area contributed by atoms with Crippen LogP contribution in [0.5, 0.6) is 5.75 Å². The minimum Gasteiger partial charge on any atom is -0.508 e. The van der Waals surface area contributed by atoms with Crippen molar-refractivity contribution in [1.82, 2.24) is 4.90 Å². The summed E-state index contributed by atoms with van der Waals surface area (Å²) in [6, 6.07) is 0.817. The Bertz CT molecular complexity index is 1280. The second kappa shape index (κ2) is 7.60. The smallest absolute Gasteiger partial charge is 0.311 e. The van der Waals surface area contributed by atoms with Crippen LogP contribution in [0.25, 0.3) is 5.76 Å². The van der Waals surface area contributed by atoms with Gasteiger partial charge in [-0.15, -0.1) is 0 Å². The molecule has 3 aliphatic rings. The van der Waals surface area contributed by atoms with E-state index in [4.69, 9.17) is 5.73 Å². The number of amides is 1. The van der Waals surface area contributed by atoms with Gasteiger partial charge in [0.1, 0.15) is 17.1 Å². The second-order valence-electron chi connectivity index (χ2n) is 9.20. The molecule has 1 amide bonds. The molecule has 4 rings (SSSR count). The maximum Gasteiger partial charge on any atom is 0.311 e. The fraction of sp³-hybridized carbons (Fsp3) is 0.409. The van der Waals surface area contributed by atoms with Crippen molar-refractivity contribution in [2.45, 2.75) is 30.6 Å². The molecule has 1 aromatic carbocycles. The number of nitrogens with zero attached hydrogens (tertiary/aromatic N) is 2. The Balaban J connectivity index is 2.07. The maximum atomic E-state index is 13.7. The first-order valence-corrected chi connectivity index (χ1v) is 10.5. The van der Waals surface area contributed by atoms with Crippen LogP contribution in [0.15, 0.2) is 29.0 Å². The third-order valence-corrected chi connectivity index (χ3v) is 7.30. The van der Waals surface area contributed by atoms with Crippen LogP contribution in [0.4, 0.5) is 5.69 Å². The Morgan fingerprint density at radius 3 is 2.31 bits per heavy atom. The lowest BCUT2D eigenvalue weighted by atomic mass is 9.54. The van der Waals surface area contributed by atoms with Gasteiger partial charge in [0.2, 0.25) is 11.5 Å². The molecule has 1 aromatic rings. The number of hydrogen-bond acceptors (Lipinski definition) is 11. The Kier molecular flexibility index (Phi) is 5.28. The SMILES string of the molecule is C[C@H]1c2ccc([N+](=O)[O-])c(O)c2C(O)=C2C(=O)[C@]3(O)C(O)=C(C(N)=O)C(=O)[C@@H](N(C)C)[C@@H]3[C@@H](O)[C@@H]21. The highest BCUT2D eigenvalue weighted by Gasteiger charge is 2.68. The molecule has 186 valence electrons. The second-order valence-corrected chi connectivity index (χ2v) is 9.20. The first kappa shape index (κ1) is 24.3. The number of nitro benzene ring substituents is 1. The lowest BCUT2D eigenvalue weighted by Gasteiger charge is -2.53. The van der Waals surface area contributed by atoms with Crippen molar-refractivity contribution in [2.75, 3.05) is 14.1 Å². The number of phenols is 1. The number of ketones is 2. The number of rotatable bonds is 3. The Morgan fingerprint density at radius 2 is 1.80 bits per heavy atom. The summed E-state index contributed by atoms with van der Waals surface area (Å²) in [6.07, 6.45) is -1.73. The molecule has 0 spiro atoms. The Hall–Kier alpha value is -3.81. The topological polar surface area (TPSA) is 225 Å². The summed E-state index contributed by atoms with van der Waals surface area (Å²) in [4.78, 5) is 50.4. The average Bonchev–Trinajstić information content (AvgIpc) is 2.75. The number of likely N-dealkylation sites (N-methyl/N-ethyl adjacent to an activating group) is 1. The molecule has 3 aliphatic carbocycles. The molecule has 13 nitrogen and oxygen atoms in total. The van der Waals surface area contributed by atoms with E-state index in [1.165, 1.54) is 32.0 Å². The molecule has 0 aromatic heterocycles. The molecule has 0 saturated heterocycles. The number of primary amides is 1. The number of nitrogens with two attached hydrogens (primary N) is 1. The van der Waals surface area contributed by atoms with E-state index in [2.05, 4.69) is 0 Å². The lowest BCUT2D eigenvalue weighted by Crippen LogP contribution is -2.70. The molecule has 6 atom stereocenters. The largest absolute Gasteiger partial charge is 0.508 e. The zero-order valence-electron chi connectivity index (χ0n) is 18.8. The Morgan fingerprint density at radius 1 is 1.20 bits per heavy atom. The predicted molar refractivity (Wildman–Crippen MR) is 117 cm³/mol. The number of hydrogen-bond donors (Lipinski definition) is 6. The molecular formula is C22H23N3O10. The van der Waals surface area contributed by atoms with Gasteiger partial charge in [-0.25, -0.2) is 0 Å². The number of nitro groups is 1.